The number of aliphatic hydroxyl groups excluding tert-OH is 6. The van der Waals surface area contributed by atoms with Crippen molar-refractivity contribution in [3.63, 3.8) is 0 Å². The zero-order chi connectivity index (χ0) is 35.5. The van der Waals surface area contributed by atoms with E-state index >= 15 is 0 Å². The first-order chi connectivity index (χ1) is 23.7. The van der Waals surface area contributed by atoms with Gasteiger partial charge in [0.2, 0.25) is 0 Å². The maximum Gasteiger partial charge on any atom is 0.187 e. The van der Waals surface area contributed by atoms with Crippen molar-refractivity contribution >= 4 is 0 Å². The van der Waals surface area contributed by atoms with Crippen molar-refractivity contribution < 1.29 is 59.1 Å². The van der Waals surface area contributed by atoms with Gasteiger partial charge in [0.25, 0.3) is 0 Å². The fraction of sp³-hybridized carbons (Fsp3) is 0.895. The molecule has 0 bridgehead atoms. The van der Waals surface area contributed by atoms with Crippen LogP contribution in [0.5, 0.6) is 0 Å². The average molecular weight is 707 g/mol. The van der Waals surface area contributed by atoms with Gasteiger partial charge in [-0.2, -0.15) is 0 Å². The van der Waals surface area contributed by atoms with E-state index in [1.165, 1.54) is 5.57 Å². The molecule has 8 aliphatic rings. The van der Waals surface area contributed by atoms with Crippen LogP contribution in [0.15, 0.2) is 23.8 Å². The number of ether oxygens (including phenoxy) is 6. The van der Waals surface area contributed by atoms with E-state index in [-0.39, 0.29) is 24.0 Å². The molecule has 6 N–H and O–H groups in total. The van der Waals surface area contributed by atoms with Gasteiger partial charge in [-0.1, -0.05) is 44.6 Å². The molecule has 0 aromatic heterocycles. The molecule has 282 valence electrons. The Morgan fingerprint density at radius 2 is 1.68 bits per heavy atom. The third kappa shape index (κ3) is 5.38. The molecule has 3 saturated carbocycles. The molecular weight excluding hydrogens is 648 g/mol. The topological polar surface area (TPSA) is 177 Å². The first kappa shape index (κ1) is 36.0. The lowest BCUT2D eigenvalue weighted by Gasteiger charge is -2.60. The number of aliphatic hydroxyl groups is 6. The summed E-state index contributed by atoms with van der Waals surface area (Å²) >= 11 is 0. The SMILES string of the molecule is C=C1CC[C@@]2(OC1)O[C@H]1C[C@@H]3[C@@H]4CC=C5C[C@@H](O)C[C@@H](O[C@@H]6OC[C@H](O)[C@H](O)[C@H]6O[C@@H]6O[C@@H](C)[C@H](O)[C@@H](O)[C@H]6O)[C@]5(C)[C@@H]4CC[C@]3(C)[C@H]1[C@@H]2C. The lowest BCUT2D eigenvalue weighted by Crippen LogP contribution is -2.63. The molecule has 12 heteroatoms. The summed E-state index contributed by atoms with van der Waals surface area (Å²) in [7, 11) is 0. The van der Waals surface area contributed by atoms with Crippen LogP contribution in [0.3, 0.4) is 0 Å². The predicted molar refractivity (Wildman–Crippen MR) is 177 cm³/mol. The zero-order valence-corrected chi connectivity index (χ0v) is 29.8. The van der Waals surface area contributed by atoms with Crippen LogP contribution in [-0.2, 0) is 28.4 Å². The van der Waals surface area contributed by atoms with E-state index in [1.807, 2.05) is 0 Å². The second-order valence-electron chi connectivity index (χ2n) is 17.5. The van der Waals surface area contributed by atoms with Crippen molar-refractivity contribution in [2.45, 2.75) is 158 Å². The Morgan fingerprint density at radius 1 is 0.900 bits per heavy atom. The molecule has 0 aromatic rings. The van der Waals surface area contributed by atoms with Gasteiger partial charge in [0.15, 0.2) is 18.4 Å². The number of hydrogen-bond donors (Lipinski definition) is 6. The monoisotopic (exact) mass is 706 g/mol. The quantitative estimate of drug-likeness (QED) is 0.235. The number of hydrogen-bond acceptors (Lipinski definition) is 12. The minimum atomic E-state index is -1.61. The van der Waals surface area contributed by atoms with E-state index in [9.17, 15) is 30.6 Å². The van der Waals surface area contributed by atoms with Crippen molar-refractivity contribution in [3.05, 3.63) is 23.8 Å². The normalized spacial score (nSPS) is 57.8. The van der Waals surface area contributed by atoms with E-state index in [0.717, 1.165) is 44.1 Å². The minimum Gasteiger partial charge on any atom is -0.393 e. The molecule has 1 spiro atoms. The van der Waals surface area contributed by atoms with Crippen molar-refractivity contribution in [2.75, 3.05) is 13.2 Å². The summed E-state index contributed by atoms with van der Waals surface area (Å²) in [6.45, 7) is 13.1. The van der Waals surface area contributed by atoms with Crippen LogP contribution in [-0.4, -0.2) is 123 Å². The summed E-state index contributed by atoms with van der Waals surface area (Å²) in [5.41, 5.74) is 2.01. The van der Waals surface area contributed by atoms with Gasteiger partial charge in [0, 0.05) is 24.2 Å². The van der Waals surface area contributed by atoms with E-state index in [0.29, 0.717) is 43.1 Å². The zero-order valence-electron chi connectivity index (χ0n) is 29.8. The molecule has 50 heavy (non-hydrogen) atoms. The summed E-state index contributed by atoms with van der Waals surface area (Å²) in [6, 6.07) is 0. The predicted octanol–water partition coefficient (Wildman–Crippen LogP) is 1.92. The van der Waals surface area contributed by atoms with Crippen LogP contribution in [0.2, 0.25) is 0 Å². The standard InChI is InChI=1S/C38H58O12/c1-17-8-11-38(46-15-17)18(2)28-26(50-38)14-24-22-7-6-20-12-21(39)13-27(37(20,5)23(22)9-10-36(24,28)4)48-35-33(30(42)25(40)16-45-35)49-34-32(44)31(43)29(41)19(3)47-34/h6,18-19,21-35,39-44H,1,7-16H2,2-5H3/t18-,19-,21+,22+,23+,24+,25-,26-,27+,28-,29-,30-,31+,32+,33+,34-,35-,36-,37-,38+/m0/s1. The van der Waals surface area contributed by atoms with Crippen molar-refractivity contribution in [1.29, 1.82) is 0 Å². The molecule has 12 nitrogen and oxygen atoms in total. The van der Waals surface area contributed by atoms with Crippen LogP contribution in [0.25, 0.3) is 0 Å². The van der Waals surface area contributed by atoms with Gasteiger partial charge in [-0.3, -0.25) is 0 Å². The van der Waals surface area contributed by atoms with Gasteiger partial charge in [-0.25, -0.2) is 0 Å². The average Bonchev–Trinajstić information content (AvgIpc) is 3.53. The Morgan fingerprint density at radius 3 is 2.42 bits per heavy atom. The number of rotatable bonds is 4. The number of allylic oxidation sites excluding steroid dienone is 1. The maximum atomic E-state index is 11.1. The van der Waals surface area contributed by atoms with E-state index < -0.39 is 78.7 Å². The fourth-order valence-electron chi connectivity index (χ4n) is 12.2. The van der Waals surface area contributed by atoms with Gasteiger partial charge in [0.05, 0.1) is 37.6 Å². The Balaban J connectivity index is 1.04. The molecule has 4 aliphatic heterocycles. The van der Waals surface area contributed by atoms with Gasteiger partial charge in [-0.05, 0) is 74.5 Å². The van der Waals surface area contributed by atoms with E-state index in [2.05, 4.69) is 33.4 Å². The summed E-state index contributed by atoms with van der Waals surface area (Å²) in [6.07, 6.45) is -3.73. The highest BCUT2D eigenvalue weighted by Crippen LogP contribution is 2.71. The molecule has 0 unspecified atom stereocenters. The van der Waals surface area contributed by atoms with Crippen LogP contribution < -0.4 is 0 Å². The van der Waals surface area contributed by atoms with Crippen LogP contribution >= 0.6 is 0 Å². The number of fused-ring (bicyclic) bond motifs is 7. The Kier molecular flexibility index (Phi) is 9.22. The maximum absolute atomic E-state index is 11.1. The van der Waals surface area contributed by atoms with Gasteiger partial charge in [-0.15, -0.1) is 0 Å². The third-order valence-electron chi connectivity index (χ3n) is 15.0. The van der Waals surface area contributed by atoms with Crippen LogP contribution in [0.1, 0.15) is 79.1 Å². The molecule has 4 aliphatic carbocycles. The lowest BCUT2D eigenvalue weighted by molar-refractivity contribution is -0.362. The first-order valence-electron chi connectivity index (χ1n) is 19.0. The van der Waals surface area contributed by atoms with E-state index in [1.54, 1.807) is 6.92 Å². The summed E-state index contributed by atoms with van der Waals surface area (Å²) in [5.74, 6) is 1.34. The van der Waals surface area contributed by atoms with Crippen molar-refractivity contribution in [2.24, 2.45) is 40.4 Å². The molecule has 0 amide bonds. The molecule has 0 aromatic carbocycles. The van der Waals surface area contributed by atoms with Crippen LogP contribution in [0, 0.1) is 40.4 Å². The fourth-order valence-corrected chi connectivity index (χ4v) is 12.2. The third-order valence-corrected chi connectivity index (χ3v) is 15.0. The smallest absolute Gasteiger partial charge is 0.187 e. The molecule has 7 fully saturated rings. The molecule has 4 saturated heterocycles. The molecule has 4 heterocycles. The lowest BCUT2D eigenvalue weighted by atomic mass is 9.46. The van der Waals surface area contributed by atoms with Crippen molar-refractivity contribution in [3.8, 4) is 0 Å². The highest BCUT2D eigenvalue weighted by Gasteiger charge is 2.69. The minimum absolute atomic E-state index is 0.112. The Labute approximate surface area is 294 Å². The Bertz CT molecular complexity index is 1330. The highest BCUT2D eigenvalue weighted by molar-refractivity contribution is 5.29. The van der Waals surface area contributed by atoms with Gasteiger partial charge in [0.1, 0.15) is 36.6 Å². The molecule has 0 radical (unpaired) electrons. The second-order valence-corrected chi connectivity index (χ2v) is 17.5. The largest absolute Gasteiger partial charge is 0.393 e. The van der Waals surface area contributed by atoms with E-state index in [4.69, 9.17) is 28.4 Å². The molecule has 20 atom stereocenters. The van der Waals surface area contributed by atoms with Gasteiger partial charge >= 0.3 is 0 Å². The summed E-state index contributed by atoms with van der Waals surface area (Å²) in [5, 5.41) is 64.1. The van der Waals surface area contributed by atoms with Crippen molar-refractivity contribution in [1.82, 2.24) is 0 Å². The van der Waals surface area contributed by atoms with Crippen LogP contribution in [0.4, 0.5) is 0 Å². The molecular formula is C38H58O12. The summed E-state index contributed by atoms with van der Waals surface area (Å²) < 4.78 is 37.9. The Hall–Kier alpha value is -1.00. The van der Waals surface area contributed by atoms with Gasteiger partial charge < -0.3 is 59.1 Å². The highest BCUT2D eigenvalue weighted by atomic mass is 16.8. The second kappa shape index (κ2) is 12.8. The first-order valence-corrected chi connectivity index (χ1v) is 19.0. The molecule has 8 rings (SSSR count). The summed E-state index contributed by atoms with van der Waals surface area (Å²) in [4.78, 5) is 0.